The third kappa shape index (κ3) is 6.10. The lowest BCUT2D eigenvalue weighted by atomic mass is 10.3. The zero-order valence-corrected chi connectivity index (χ0v) is 14.1. The highest BCUT2D eigenvalue weighted by molar-refractivity contribution is 7.41. The number of hydrogen-bond donors (Lipinski definition) is 0. The Labute approximate surface area is 158 Å². The van der Waals surface area contributed by atoms with Crippen LogP contribution in [0.4, 0.5) is 79.0 Å². The molecule has 3 nitrogen and oxygen atoms in total. The van der Waals surface area contributed by atoms with Crippen LogP contribution in [0.2, 0.25) is 0 Å². The Morgan fingerprint density at radius 2 is 0.548 bits per heavy atom. The minimum Gasteiger partial charge on any atom is -0.261 e. The normalized spacial score (nSPS) is 21.2. The van der Waals surface area contributed by atoms with E-state index in [0.717, 1.165) is 0 Å². The summed E-state index contributed by atoms with van der Waals surface area (Å²) in [6.45, 7) is 0. The zero-order chi connectivity index (χ0) is 25.4. The molecule has 0 rings (SSSR count). The number of hydrogen-bond acceptors (Lipinski definition) is 3. The van der Waals surface area contributed by atoms with Crippen LogP contribution in [-0.4, -0.2) is 55.4 Å². The molecule has 0 aliphatic rings. The second-order valence-electron chi connectivity index (χ2n) is 4.83. The molecule has 3 atom stereocenters. The summed E-state index contributed by atoms with van der Waals surface area (Å²) < 4.78 is 232. The van der Waals surface area contributed by atoms with Crippen molar-refractivity contribution in [3.05, 3.63) is 0 Å². The molecular weight excluding hydrogens is 529 g/mol. The van der Waals surface area contributed by atoms with Gasteiger partial charge in [0.25, 0.3) is 0 Å². The molecule has 0 amide bonds. The fourth-order valence-electron chi connectivity index (χ4n) is 1.03. The minimum absolute atomic E-state index is 2.28. The lowest BCUT2D eigenvalue weighted by Gasteiger charge is -2.36. The van der Waals surface area contributed by atoms with Gasteiger partial charge in [-0.25, -0.2) is 26.3 Å². The molecule has 0 saturated carbocycles. The van der Waals surface area contributed by atoms with E-state index in [2.05, 4.69) is 13.6 Å². The van der Waals surface area contributed by atoms with Gasteiger partial charge in [-0.05, 0) is 0 Å². The summed E-state index contributed by atoms with van der Waals surface area (Å²) in [5.74, 6) is -20.4. The topological polar surface area (TPSA) is 27.7 Å². The quantitative estimate of drug-likeness (QED) is 0.243. The number of alkyl halides is 18. The van der Waals surface area contributed by atoms with E-state index in [4.69, 9.17) is 0 Å². The number of rotatable bonds is 9. The monoisotopic (exact) mass is 532 g/mol. The van der Waals surface area contributed by atoms with Crippen molar-refractivity contribution in [1.82, 2.24) is 0 Å². The van der Waals surface area contributed by atoms with Crippen molar-refractivity contribution in [2.75, 3.05) is 0 Å². The van der Waals surface area contributed by atoms with E-state index in [9.17, 15) is 79.0 Å². The Morgan fingerprint density at radius 1 is 0.387 bits per heavy atom. The van der Waals surface area contributed by atoms with Crippen LogP contribution in [-0.2, 0) is 13.6 Å². The summed E-state index contributed by atoms with van der Waals surface area (Å²) in [4.78, 5) is 0. The molecule has 0 aromatic heterocycles. The Bertz CT molecular complexity index is 508. The Hall–Kier alpha value is -0.950. The van der Waals surface area contributed by atoms with Crippen LogP contribution in [0.5, 0.6) is 0 Å². The first-order chi connectivity index (χ1) is 13.4. The van der Waals surface area contributed by atoms with Crippen LogP contribution in [0.15, 0.2) is 0 Å². The molecule has 0 saturated heterocycles. The molecule has 0 aromatic carbocycles. The van der Waals surface area contributed by atoms with Crippen LogP contribution in [0, 0.1) is 0 Å². The largest absolute Gasteiger partial charge is 0.455 e. The average molecular weight is 532 g/mol. The molecule has 0 heterocycles. The van der Waals surface area contributed by atoms with Crippen molar-refractivity contribution >= 4 is 8.60 Å². The third-order valence-electron chi connectivity index (χ3n) is 2.62. The average Bonchev–Trinajstić information content (AvgIpc) is 2.50. The molecule has 0 radical (unpaired) electrons. The molecule has 0 N–H and O–H groups in total. The van der Waals surface area contributed by atoms with Crippen LogP contribution in [0.25, 0.3) is 0 Å². The highest BCUT2D eigenvalue weighted by atomic mass is 31.2. The predicted molar refractivity (Wildman–Crippen MR) is 57.9 cm³/mol. The fourth-order valence-corrected chi connectivity index (χ4v) is 2.34. The predicted octanol–water partition coefficient (Wildman–Crippen LogP) is 6.74. The first kappa shape index (κ1) is 30.0. The molecule has 0 bridgehead atoms. The van der Waals surface area contributed by atoms with Gasteiger partial charge in [0.05, 0.1) is 0 Å². The Balaban J connectivity index is 6.58. The van der Waals surface area contributed by atoms with Gasteiger partial charge in [0.1, 0.15) is 0 Å². The molecule has 188 valence electrons. The maximum atomic E-state index is 13.4. The summed E-state index contributed by atoms with van der Waals surface area (Å²) in [5, 5.41) is 0. The van der Waals surface area contributed by atoms with E-state index in [-0.39, 0.29) is 0 Å². The molecule has 0 fully saturated rings. The lowest BCUT2D eigenvalue weighted by Crippen LogP contribution is -2.54. The maximum absolute atomic E-state index is 13.4. The summed E-state index contributed by atoms with van der Waals surface area (Å²) in [7, 11) is -6.34. The highest BCUT2D eigenvalue weighted by Gasteiger charge is 2.73. The second-order valence-corrected chi connectivity index (χ2v) is 5.82. The van der Waals surface area contributed by atoms with E-state index < -0.39 is 64.0 Å². The first-order valence-electron chi connectivity index (χ1n) is 6.35. The van der Waals surface area contributed by atoms with Gasteiger partial charge in [-0.3, -0.25) is 13.6 Å². The molecule has 0 aromatic rings. The zero-order valence-electron chi connectivity index (χ0n) is 13.2. The summed E-state index contributed by atoms with van der Waals surface area (Å²) in [6, 6.07) is 0. The van der Waals surface area contributed by atoms with Gasteiger partial charge in [0, 0.05) is 0 Å². The van der Waals surface area contributed by atoms with Crippen molar-refractivity contribution in [3.63, 3.8) is 0 Å². The molecular formula is C9H3F18O3P. The Kier molecular flexibility index (Phi) is 8.84. The molecule has 0 aliphatic heterocycles. The highest BCUT2D eigenvalue weighted by Crippen LogP contribution is 2.61. The van der Waals surface area contributed by atoms with Crippen molar-refractivity contribution < 1.29 is 92.6 Å². The summed E-state index contributed by atoms with van der Waals surface area (Å²) >= 11 is 0. The van der Waals surface area contributed by atoms with Gasteiger partial charge in [-0.1, -0.05) is 0 Å². The van der Waals surface area contributed by atoms with E-state index in [1.165, 1.54) is 0 Å². The molecule has 3 unspecified atom stereocenters. The molecule has 0 aliphatic carbocycles. The molecule has 22 heteroatoms. The van der Waals surface area contributed by atoms with Gasteiger partial charge in [0.15, 0.2) is 0 Å². The van der Waals surface area contributed by atoms with E-state index in [1.54, 1.807) is 0 Å². The standard InChI is InChI=1S/C9H3F18O3P/c10-1(11)4(16,7(19,20)21)28-31(29-5(17,2(12)13)8(22,23)24)30-6(18,3(14)15)9(25,26)27/h1-3H. The van der Waals surface area contributed by atoms with Crippen molar-refractivity contribution in [3.8, 4) is 0 Å². The van der Waals surface area contributed by atoms with Crippen molar-refractivity contribution in [1.29, 1.82) is 0 Å². The van der Waals surface area contributed by atoms with Gasteiger partial charge < -0.3 is 0 Å². The first-order valence-corrected chi connectivity index (χ1v) is 7.45. The lowest BCUT2D eigenvalue weighted by molar-refractivity contribution is -0.376. The van der Waals surface area contributed by atoms with Gasteiger partial charge in [-0.15, -0.1) is 0 Å². The fraction of sp³-hybridized carbons (Fsp3) is 1.00. The van der Waals surface area contributed by atoms with Crippen LogP contribution < -0.4 is 0 Å². The van der Waals surface area contributed by atoms with Crippen LogP contribution in [0.3, 0.4) is 0 Å². The van der Waals surface area contributed by atoms with E-state index >= 15 is 0 Å². The second kappa shape index (κ2) is 9.12. The molecule has 0 spiro atoms. The van der Waals surface area contributed by atoms with Crippen molar-refractivity contribution in [2.24, 2.45) is 0 Å². The smallest absolute Gasteiger partial charge is 0.261 e. The van der Waals surface area contributed by atoms with Gasteiger partial charge in [0.2, 0.25) is 0 Å². The Morgan fingerprint density at radius 3 is 0.645 bits per heavy atom. The van der Waals surface area contributed by atoms with Crippen molar-refractivity contribution in [2.45, 2.75) is 55.4 Å². The van der Waals surface area contributed by atoms with E-state index in [1.807, 2.05) is 0 Å². The number of halogens is 18. The van der Waals surface area contributed by atoms with Crippen LogP contribution in [0.1, 0.15) is 0 Å². The third-order valence-corrected chi connectivity index (χ3v) is 3.87. The maximum Gasteiger partial charge on any atom is 0.455 e. The van der Waals surface area contributed by atoms with Gasteiger partial charge in [-0.2, -0.15) is 52.7 Å². The minimum atomic E-state index is -7.17. The van der Waals surface area contributed by atoms with Gasteiger partial charge >= 0.3 is 64.0 Å². The van der Waals surface area contributed by atoms with Crippen LogP contribution >= 0.6 is 8.60 Å². The van der Waals surface area contributed by atoms with E-state index in [0.29, 0.717) is 0 Å². The summed E-state index contributed by atoms with van der Waals surface area (Å²) in [5.41, 5.74) is 0. The molecule has 31 heavy (non-hydrogen) atoms. The summed E-state index contributed by atoms with van der Waals surface area (Å²) in [6.07, 6.45) is -38.5. The SMILES string of the molecule is FC(F)C(F)(OP(OC(F)(C(F)F)C(F)(F)F)OC(F)(C(F)F)C(F)(F)F)C(F)(F)F.